The number of nitro groups is 1. The van der Waals surface area contributed by atoms with E-state index in [0.29, 0.717) is 5.88 Å². The second kappa shape index (κ2) is 7.09. The Labute approximate surface area is 132 Å². The maximum atomic E-state index is 12.4. The van der Waals surface area contributed by atoms with Gasteiger partial charge in [0, 0.05) is 18.0 Å². The molecule has 1 fully saturated rings. The van der Waals surface area contributed by atoms with E-state index in [1.54, 1.807) is 0 Å². The monoisotopic (exact) mass is 330 g/mol. The number of carbonyl (C=O) groups is 1. The summed E-state index contributed by atoms with van der Waals surface area (Å²) in [6.45, 7) is 0. The van der Waals surface area contributed by atoms with Gasteiger partial charge in [0.2, 0.25) is 0 Å². The first kappa shape index (κ1) is 16.0. The smallest absolute Gasteiger partial charge is 0.283 e. The molecule has 0 heterocycles. The van der Waals surface area contributed by atoms with Crippen LogP contribution in [0.2, 0.25) is 5.02 Å². The van der Waals surface area contributed by atoms with Crippen LogP contribution in [0.4, 0.5) is 5.69 Å². The van der Waals surface area contributed by atoms with E-state index in [-0.39, 0.29) is 28.2 Å². The lowest BCUT2D eigenvalue weighted by Gasteiger charge is -2.30. The summed E-state index contributed by atoms with van der Waals surface area (Å²) in [5.41, 5.74) is -0.360. The van der Waals surface area contributed by atoms with E-state index in [1.807, 2.05) is 0 Å². The summed E-state index contributed by atoms with van der Waals surface area (Å²) in [6, 6.07) is 4.16. The number of nitrogens with zero attached hydrogens (tertiary/aromatic N) is 1. The number of alkyl halides is 1. The number of hydrogen-bond acceptors (Lipinski definition) is 3. The molecule has 7 heteroatoms. The van der Waals surface area contributed by atoms with E-state index in [9.17, 15) is 14.9 Å². The minimum atomic E-state index is -0.597. The predicted octanol–water partition coefficient (Wildman–Crippen LogP) is 3.78. The van der Waals surface area contributed by atoms with Crippen LogP contribution in [-0.4, -0.2) is 22.8 Å². The average molecular weight is 331 g/mol. The highest BCUT2D eigenvalue weighted by Gasteiger charge is 2.29. The molecule has 2 atom stereocenters. The molecule has 1 aliphatic rings. The van der Waals surface area contributed by atoms with Crippen molar-refractivity contribution in [3.05, 3.63) is 38.9 Å². The van der Waals surface area contributed by atoms with Crippen LogP contribution in [0.15, 0.2) is 18.2 Å². The third-order valence-corrected chi connectivity index (χ3v) is 4.55. The van der Waals surface area contributed by atoms with Gasteiger partial charge in [0.15, 0.2) is 0 Å². The summed E-state index contributed by atoms with van der Waals surface area (Å²) in [5.74, 6) is 0.162. The number of rotatable bonds is 4. The summed E-state index contributed by atoms with van der Waals surface area (Å²) in [4.78, 5) is 22.8. The Bertz CT molecular complexity index is 551. The van der Waals surface area contributed by atoms with Crippen molar-refractivity contribution in [3.8, 4) is 0 Å². The van der Waals surface area contributed by atoms with Gasteiger partial charge in [0.05, 0.1) is 9.95 Å². The SMILES string of the molecule is O=C(NC1CCCCC1CCl)c1c(Cl)cccc1[N+](=O)[O-]. The maximum Gasteiger partial charge on any atom is 0.283 e. The zero-order chi connectivity index (χ0) is 15.4. The van der Waals surface area contributed by atoms with Gasteiger partial charge in [-0.05, 0) is 24.8 Å². The molecule has 1 aromatic carbocycles. The van der Waals surface area contributed by atoms with Gasteiger partial charge in [-0.1, -0.05) is 30.5 Å². The molecular formula is C14H16Cl2N2O3. The number of nitrogens with one attached hydrogen (secondary N) is 1. The van der Waals surface area contributed by atoms with Crippen LogP contribution in [-0.2, 0) is 0 Å². The summed E-state index contributed by atoms with van der Waals surface area (Å²) in [5, 5.41) is 14.0. The highest BCUT2D eigenvalue weighted by atomic mass is 35.5. The Morgan fingerprint density at radius 1 is 1.38 bits per heavy atom. The van der Waals surface area contributed by atoms with Gasteiger partial charge in [0.1, 0.15) is 5.56 Å². The Balaban J connectivity index is 2.22. The van der Waals surface area contributed by atoms with E-state index in [4.69, 9.17) is 23.2 Å². The number of halogens is 2. The molecule has 0 spiro atoms. The van der Waals surface area contributed by atoms with Gasteiger partial charge in [0.25, 0.3) is 11.6 Å². The van der Waals surface area contributed by atoms with Gasteiger partial charge in [-0.15, -0.1) is 11.6 Å². The number of nitro benzene ring substituents is 1. The quantitative estimate of drug-likeness (QED) is 0.518. The molecular weight excluding hydrogens is 315 g/mol. The van der Waals surface area contributed by atoms with Crippen molar-refractivity contribution < 1.29 is 9.72 Å². The van der Waals surface area contributed by atoms with Crippen molar-refractivity contribution in [1.29, 1.82) is 0 Å². The third kappa shape index (κ3) is 3.66. The van der Waals surface area contributed by atoms with Crippen molar-refractivity contribution in [2.75, 3.05) is 5.88 Å². The zero-order valence-corrected chi connectivity index (χ0v) is 12.9. The number of hydrogen-bond donors (Lipinski definition) is 1. The van der Waals surface area contributed by atoms with Crippen LogP contribution in [0.25, 0.3) is 0 Å². The minimum absolute atomic E-state index is 0.0559. The zero-order valence-electron chi connectivity index (χ0n) is 11.4. The highest BCUT2D eigenvalue weighted by Crippen LogP contribution is 2.29. The van der Waals surface area contributed by atoms with E-state index in [2.05, 4.69) is 5.32 Å². The summed E-state index contributed by atoms with van der Waals surface area (Å²) in [6.07, 6.45) is 3.90. The van der Waals surface area contributed by atoms with Crippen molar-refractivity contribution in [1.82, 2.24) is 5.32 Å². The molecule has 114 valence electrons. The molecule has 0 bridgehead atoms. The molecule has 21 heavy (non-hydrogen) atoms. The fraction of sp³-hybridized carbons (Fsp3) is 0.500. The highest BCUT2D eigenvalue weighted by molar-refractivity contribution is 6.34. The molecule has 1 aromatic rings. The molecule has 2 rings (SSSR count). The Kier molecular flexibility index (Phi) is 5.42. The van der Waals surface area contributed by atoms with E-state index < -0.39 is 10.8 Å². The fourth-order valence-electron chi connectivity index (χ4n) is 2.71. The van der Waals surface area contributed by atoms with Crippen LogP contribution < -0.4 is 5.32 Å². The molecule has 5 nitrogen and oxygen atoms in total. The van der Waals surface area contributed by atoms with Gasteiger partial charge < -0.3 is 5.32 Å². The molecule has 2 unspecified atom stereocenters. The largest absolute Gasteiger partial charge is 0.349 e. The van der Waals surface area contributed by atoms with E-state index in [0.717, 1.165) is 25.7 Å². The molecule has 1 N–H and O–H groups in total. The van der Waals surface area contributed by atoms with E-state index >= 15 is 0 Å². The lowest BCUT2D eigenvalue weighted by Crippen LogP contribution is -2.43. The predicted molar refractivity (Wildman–Crippen MR) is 82.0 cm³/mol. The van der Waals surface area contributed by atoms with Crippen molar-refractivity contribution in [2.45, 2.75) is 31.7 Å². The van der Waals surface area contributed by atoms with Gasteiger partial charge in [-0.2, -0.15) is 0 Å². The molecule has 0 aromatic heterocycles. The maximum absolute atomic E-state index is 12.4. The number of amides is 1. The first-order chi connectivity index (χ1) is 10.0. The van der Waals surface area contributed by atoms with Crippen LogP contribution >= 0.6 is 23.2 Å². The Hall–Kier alpha value is -1.33. The minimum Gasteiger partial charge on any atom is -0.349 e. The molecule has 0 radical (unpaired) electrons. The van der Waals surface area contributed by atoms with Gasteiger partial charge in [-0.3, -0.25) is 14.9 Å². The Morgan fingerprint density at radius 2 is 2.10 bits per heavy atom. The van der Waals surface area contributed by atoms with Gasteiger partial charge >= 0.3 is 0 Å². The van der Waals surface area contributed by atoms with E-state index in [1.165, 1.54) is 18.2 Å². The van der Waals surface area contributed by atoms with Crippen LogP contribution in [0, 0.1) is 16.0 Å². The molecule has 1 amide bonds. The lowest BCUT2D eigenvalue weighted by atomic mass is 9.85. The molecule has 1 saturated carbocycles. The fourth-order valence-corrected chi connectivity index (χ4v) is 3.34. The number of benzene rings is 1. The summed E-state index contributed by atoms with van der Waals surface area (Å²) < 4.78 is 0. The molecule has 0 aliphatic heterocycles. The first-order valence-electron chi connectivity index (χ1n) is 6.84. The second-order valence-electron chi connectivity index (χ2n) is 5.17. The molecule has 1 aliphatic carbocycles. The normalized spacial score (nSPS) is 21.8. The third-order valence-electron chi connectivity index (χ3n) is 3.84. The van der Waals surface area contributed by atoms with Crippen molar-refractivity contribution in [3.63, 3.8) is 0 Å². The first-order valence-corrected chi connectivity index (χ1v) is 7.75. The number of carbonyl (C=O) groups excluding carboxylic acids is 1. The topological polar surface area (TPSA) is 72.2 Å². The summed E-state index contributed by atoms with van der Waals surface area (Å²) >= 11 is 11.9. The van der Waals surface area contributed by atoms with Crippen molar-refractivity contribution >= 4 is 34.8 Å². The van der Waals surface area contributed by atoms with Crippen molar-refractivity contribution in [2.24, 2.45) is 5.92 Å². The summed E-state index contributed by atoms with van der Waals surface area (Å²) in [7, 11) is 0. The van der Waals surface area contributed by atoms with Crippen LogP contribution in [0.5, 0.6) is 0 Å². The standard InChI is InChI=1S/C14H16Cl2N2O3/c15-8-9-4-1-2-6-11(9)17-14(19)13-10(16)5-3-7-12(13)18(20)21/h3,5,7,9,11H,1-2,4,6,8H2,(H,17,19). The average Bonchev–Trinajstić information content (AvgIpc) is 2.47. The second-order valence-corrected chi connectivity index (χ2v) is 5.89. The van der Waals surface area contributed by atoms with Gasteiger partial charge in [-0.25, -0.2) is 0 Å². The van der Waals surface area contributed by atoms with Crippen LogP contribution in [0.1, 0.15) is 36.0 Å². The van der Waals surface area contributed by atoms with Crippen LogP contribution in [0.3, 0.4) is 0 Å². The Morgan fingerprint density at radius 3 is 2.76 bits per heavy atom. The lowest BCUT2D eigenvalue weighted by molar-refractivity contribution is -0.385. The molecule has 0 saturated heterocycles.